The van der Waals surface area contributed by atoms with Gasteiger partial charge in [-0.05, 0) is 42.4 Å². The second-order valence-electron chi connectivity index (χ2n) is 6.55. The van der Waals surface area contributed by atoms with Crippen molar-refractivity contribution in [1.29, 1.82) is 0 Å². The zero-order chi connectivity index (χ0) is 15.8. The van der Waals surface area contributed by atoms with Crippen LogP contribution < -0.4 is 10.2 Å². The lowest BCUT2D eigenvalue weighted by Gasteiger charge is -2.26. The minimum absolute atomic E-state index is 0.608. The summed E-state index contributed by atoms with van der Waals surface area (Å²) in [5, 5.41) is 3.22. The first-order chi connectivity index (χ1) is 11.2. The molecule has 0 radical (unpaired) electrons. The first-order valence-electron chi connectivity index (χ1n) is 8.25. The predicted octanol–water partition coefficient (Wildman–Crippen LogP) is 4.20. The minimum atomic E-state index is 0.608. The molecule has 1 fully saturated rings. The first kappa shape index (κ1) is 14.2. The smallest absolute Gasteiger partial charge is 0.235 e. The maximum Gasteiger partial charge on any atom is 0.235 e. The van der Waals surface area contributed by atoms with Crippen LogP contribution in [0.1, 0.15) is 44.1 Å². The van der Waals surface area contributed by atoms with Gasteiger partial charge in [-0.2, -0.15) is 0 Å². The highest BCUT2D eigenvalue weighted by molar-refractivity contribution is 5.82. The lowest BCUT2D eigenvalue weighted by molar-refractivity contribution is 0.347. The van der Waals surface area contributed by atoms with Gasteiger partial charge in [0.1, 0.15) is 5.82 Å². The molecule has 2 aromatic heterocycles. The monoisotopic (exact) mass is 307 g/mol. The molecular weight excluding hydrogens is 286 g/mol. The zero-order valence-corrected chi connectivity index (χ0v) is 13.4. The van der Waals surface area contributed by atoms with Crippen LogP contribution in [0.3, 0.4) is 0 Å². The van der Waals surface area contributed by atoms with Gasteiger partial charge in [0.15, 0.2) is 5.82 Å². The van der Waals surface area contributed by atoms with Crippen LogP contribution >= 0.6 is 0 Å². The molecule has 1 aliphatic carbocycles. The second-order valence-corrected chi connectivity index (χ2v) is 6.55. The molecule has 2 aromatic rings. The molecule has 5 heteroatoms. The highest BCUT2D eigenvalue weighted by atomic mass is 15.4. The fraction of sp³-hybridized carbons (Fsp3) is 0.389. The van der Waals surface area contributed by atoms with Gasteiger partial charge in [-0.15, -0.1) is 0 Å². The van der Waals surface area contributed by atoms with Crippen molar-refractivity contribution in [3.8, 4) is 0 Å². The van der Waals surface area contributed by atoms with Gasteiger partial charge in [0.2, 0.25) is 5.95 Å². The van der Waals surface area contributed by atoms with E-state index in [4.69, 9.17) is 0 Å². The summed E-state index contributed by atoms with van der Waals surface area (Å²) in [7, 11) is 0. The summed E-state index contributed by atoms with van der Waals surface area (Å²) >= 11 is 0. The maximum absolute atomic E-state index is 4.61. The van der Waals surface area contributed by atoms with Crippen LogP contribution in [-0.4, -0.2) is 15.0 Å². The van der Waals surface area contributed by atoms with Crippen LogP contribution in [0.25, 0.3) is 0 Å². The molecule has 1 aliphatic heterocycles. The average Bonchev–Trinajstić information content (AvgIpc) is 2.91. The SMILES string of the molecule is C=C1Nc2ncc([C@H]3CC[C@H](C)CC3)cc2N1c1ncccn1. The topological polar surface area (TPSA) is 53.9 Å². The van der Waals surface area contributed by atoms with Gasteiger partial charge >= 0.3 is 0 Å². The number of hydrogen-bond donors (Lipinski definition) is 1. The van der Waals surface area contributed by atoms with Crippen molar-refractivity contribution >= 4 is 17.5 Å². The van der Waals surface area contributed by atoms with Gasteiger partial charge in [-0.3, -0.25) is 4.90 Å². The standard InChI is InChI=1S/C18H21N5/c1-12-4-6-14(7-5-12)15-10-16-17(21-11-15)22-13(2)23(16)18-19-8-3-9-20-18/h3,8-12,14H,2,4-7H2,1H3,(H,21,22)/t12-,14-. The molecule has 0 bridgehead atoms. The molecule has 4 rings (SSSR count). The third kappa shape index (κ3) is 2.56. The van der Waals surface area contributed by atoms with E-state index in [0.717, 1.165) is 23.2 Å². The number of nitrogens with one attached hydrogen (secondary N) is 1. The number of hydrogen-bond acceptors (Lipinski definition) is 5. The number of anilines is 3. The number of pyridine rings is 1. The normalized spacial score (nSPS) is 23.5. The van der Waals surface area contributed by atoms with E-state index in [2.05, 4.69) is 39.8 Å². The largest absolute Gasteiger partial charge is 0.325 e. The molecule has 0 atom stereocenters. The minimum Gasteiger partial charge on any atom is -0.325 e. The Hall–Kier alpha value is -2.43. The van der Waals surface area contributed by atoms with Crippen LogP contribution in [-0.2, 0) is 0 Å². The van der Waals surface area contributed by atoms with Crippen molar-refractivity contribution < 1.29 is 0 Å². The number of rotatable bonds is 2. The molecule has 0 amide bonds. The van der Waals surface area contributed by atoms with Crippen LogP contribution in [0.15, 0.2) is 43.1 Å². The summed E-state index contributed by atoms with van der Waals surface area (Å²) in [6.07, 6.45) is 10.6. The maximum atomic E-state index is 4.61. The zero-order valence-electron chi connectivity index (χ0n) is 13.4. The molecule has 0 aromatic carbocycles. The van der Waals surface area contributed by atoms with Crippen molar-refractivity contribution in [2.24, 2.45) is 5.92 Å². The Kier molecular flexibility index (Phi) is 3.48. The molecule has 0 spiro atoms. The van der Waals surface area contributed by atoms with Crippen molar-refractivity contribution in [2.45, 2.75) is 38.5 Å². The van der Waals surface area contributed by atoms with E-state index >= 15 is 0 Å². The third-order valence-corrected chi connectivity index (χ3v) is 4.90. The summed E-state index contributed by atoms with van der Waals surface area (Å²) in [5.74, 6) is 3.66. The molecule has 0 saturated heterocycles. The Morgan fingerprint density at radius 1 is 1.13 bits per heavy atom. The van der Waals surface area contributed by atoms with E-state index in [9.17, 15) is 0 Å². The van der Waals surface area contributed by atoms with Gasteiger partial charge in [0, 0.05) is 18.6 Å². The van der Waals surface area contributed by atoms with Crippen LogP contribution in [0, 0.1) is 5.92 Å². The van der Waals surface area contributed by atoms with Gasteiger partial charge in [-0.25, -0.2) is 15.0 Å². The summed E-state index contributed by atoms with van der Waals surface area (Å²) in [4.78, 5) is 15.2. The Morgan fingerprint density at radius 3 is 2.61 bits per heavy atom. The lowest BCUT2D eigenvalue weighted by Crippen LogP contribution is -2.16. The summed E-state index contributed by atoms with van der Waals surface area (Å²) in [6.45, 7) is 6.42. The molecule has 3 heterocycles. The summed E-state index contributed by atoms with van der Waals surface area (Å²) in [5.41, 5.74) is 2.31. The summed E-state index contributed by atoms with van der Waals surface area (Å²) in [6, 6.07) is 4.04. The molecule has 1 saturated carbocycles. The Labute approximate surface area is 136 Å². The number of fused-ring (bicyclic) bond motifs is 1. The van der Waals surface area contributed by atoms with Crippen LogP contribution in [0.4, 0.5) is 17.5 Å². The molecular formula is C18H21N5. The van der Waals surface area contributed by atoms with E-state index in [1.54, 1.807) is 12.4 Å². The van der Waals surface area contributed by atoms with Crippen molar-refractivity contribution in [1.82, 2.24) is 15.0 Å². The van der Waals surface area contributed by atoms with E-state index in [1.807, 2.05) is 17.2 Å². The predicted molar refractivity (Wildman–Crippen MR) is 91.5 cm³/mol. The lowest BCUT2D eigenvalue weighted by atomic mass is 9.80. The third-order valence-electron chi connectivity index (χ3n) is 4.90. The Morgan fingerprint density at radius 2 is 1.87 bits per heavy atom. The van der Waals surface area contributed by atoms with Crippen LogP contribution in [0.5, 0.6) is 0 Å². The Balaban J connectivity index is 1.68. The molecule has 23 heavy (non-hydrogen) atoms. The molecule has 1 N–H and O–H groups in total. The quantitative estimate of drug-likeness (QED) is 0.901. The van der Waals surface area contributed by atoms with E-state index in [1.165, 1.54) is 31.2 Å². The van der Waals surface area contributed by atoms with Gasteiger partial charge in [0.05, 0.1) is 5.69 Å². The second kappa shape index (κ2) is 5.65. The molecule has 2 aliphatic rings. The van der Waals surface area contributed by atoms with Crippen molar-refractivity contribution in [3.05, 3.63) is 48.7 Å². The Bertz CT molecular complexity index is 719. The van der Waals surface area contributed by atoms with Gasteiger partial charge in [-0.1, -0.05) is 26.3 Å². The van der Waals surface area contributed by atoms with Gasteiger partial charge < -0.3 is 5.32 Å². The van der Waals surface area contributed by atoms with E-state index < -0.39 is 0 Å². The van der Waals surface area contributed by atoms with E-state index in [0.29, 0.717) is 11.9 Å². The molecule has 5 nitrogen and oxygen atoms in total. The van der Waals surface area contributed by atoms with Gasteiger partial charge in [0.25, 0.3) is 0 Å². The van der Waals surface area contributed by atoms with E-state index in [-0.39, 0.29) is 0 Å². The number of aromatic nitrogens is 3. The van der Waals surface area contributed by atoms with Crippen molar-refractivity contribution in [2.75, 3.05) is 10.2 Å². The van der Waals surface area contributed by atoms with Crippen LogP contribution in [0.2, 0.25) is 0 Å². The highest BCUT2D eigenvalue weighted by Gasteiger charge is 2.29. The molecule has 0 unspecified atom stereocenters. The molecule has 118 valence electrons. The summed E-state index contributed by atoms with van der Waals surface area (Å²) < 4.78 is 0. The number of nitrogens with zero attached hydrogens (tertiary/aromatic N) is 4. The average molecular weight is 307 g/mol. The highest BCUT2D eigenvalue weighted by Crippen LogP contribution is 2.42. The first-order valence-corrected chi connectivity index (χ1v) is 8.25. The fourth-order valence-corrected chi connectivity index (χ4v) is 3.53. The fourth-order valence-electron chi connectivity index (χ4n) is 3.53. The van der Waals surface area contributed by atoms with Crippen molar-refractivity contribution in [3.63, 3.8) is 0 Å².